The number of halogens is 2. The van der Waals surface area contributed by atoms with Gasteiger partial charge in [0.15, 0.2) is 0 Å². The Hall–Kier alpha value is -3.64. The van der Waals surface area contributed by atoms with Crippen LogP contribution >= 0.6 is 23.4 Å². The minimum Gasteiger partial charge on any atom is -0.444 e. The van der Waals surface area contributed by atoms with Crippen molar-refractivity contribution in [1.82, 2.24) is 20.8 Å². The van der Waals surface area contributed by atoms with Crippen LogP contribution in [0.3, 0.4) is 0 Å². The molecule has 13 heteroatoms. The quantitative estimate of drug-likeness (QED) is 0.399. The zero-order chi connectivity index (χ0) is 30.1. The Bertz CT molecular complexity index is 1470. The summed E-state index contributed by atoms with van der Waals surface area (Å²) >= 11 is 7.28. The summed E-state index contributed by atoms with van der Waals surface area (Å²) in [5, 5.41) is 13.7. The predicted molar refractivity (Wildman–Crippen MR) is 153 cm³/mol. The molecule has 2 N–H and O–H groups in total. The molecule has 2 aromatic carbocycles. The Morgan fingerprint density at radius 1 is 1.17 bits per heavy atom. The highest BCUT2D eigenvalue weighted by Crippen LogP contribution is 2.40. The van der Waals surface area contributed by atoms with Gasteiger partial charge < -0.3 is 24.7 Å². The van der Waals surface area contributed by atoms with Crippen LogP contribution in [0.5, 0.6) is 0 Å². The van der Waals surface area contributed by atoms with Crippen LogP contribution < -0.4 is 15.5 Å². The van der Waals surface area contributed by atoms with Crippen molar-refractivity contribution in [3.8, 4) is 11.5 Å². The van der Waals surface area contributed by atoms with E-state index in [0.29, 0.717) is 15.6 Å². The van der Waals surface area contributed by atoms with Crippen LogP contribution in [0.1, 0.15) is 46.1 Å². The average molecular weight is 604 g/mol. The number of benzene rings is 2. The summed E-state index contributed by atoms with van der Waals surface area (Å²) < 4.78 is 26.6. The number of alkyl carbamates (subject to hydrolysis) is 1. The maximum absolute atomic E-state index is 15.5. The van der Waals surface area contributed by atoms with Crippen molar-refractivity contribution in [3.05, 3.63) is 58.7 Å². The number of anilines is 1. The molecule has 218 valence electrons. The predicted octanol–water partition coefficient (Wildman–Crippen LogP) is 5.08. The van der Waals surface area contributed by atoms with Gasteiger partial charge in [0.1, 0.15) is 22.9 Å². The molecule has 0 radical (unpaired) electrons. The van der Waals surface area contributed by atoms with Gasteiger partial charge >= 0.3 is 6.09 Å². The fraction of sp³-hybridized carbons (Fsp3) is 0.393. The molecule has 1 aromatic heterocycles. The van der Waals surface area contributed by atoms with Gasteiger partial charge in [-0.2, -0.15) is 0 Å². The normalized spacial score (nSPS) is 15.7. The summed E-state index contributed by atoms with van der Waals surface area (Å²) in [7, 11) is 1.49. The lowest BCUT2D eigenvalue weighted by atomic mass is 9.92. The van der Waals surface area contributed by atoms with Crippen LogP contribution in [-0.4, -0.2) is 52.5 Å². The molecule has 3 amide bonds. The first-order valence-corrected chi connectivity index (χ1v) is 14.1. The smallest absolute Gasteiger partial charge is 0.408 e. The number of aromatic nitrogens is 2. The Balaban J connectivity index is 1.75. The largest absolute Gasteiger partial charge is 0.444 e. The van der Waals surface area contributed by atoms with Gasteiger partial charge in [0, 0.05) is 22.7 Å². The molecule has 10 nitrogen and oxygen atoms in total. The molecular formula is C28H31ClFN5O5S. The third-order valence-corrected chi connectivity index (χ3v) is 7.63. The highest BCUT2D eigenvalue weighted by molar-refractivity contribution is 7.99. The number of fused-ring (bicyclic) bond motifs is 1. The van der Waals surface area contributed by atoms with Crippen LogP contribution in [0.15, 0.2) is 45.7 Å². The summed E-state index contributed by atoms with van der Waals surface area (Å²) in [6, 6.07) is 8.76. The summed E-state index contributed by atoms with van der Waals surface area (Å²) in [6.45, 7) is 8.50. The summed E-state index contributed by atoms with van der Waals surface area (Å²) in [6.07, 6.45) is -0.738. The number of thioether (sulfide) groups is 1. The molecule has 1 aliphatic rings. The van der Waals surface area contributed by atoms with Crippen molar-refractivity contribution in [1.29, 1.82) is 0 Å². The van der Waals surface area contributed by atoms with E-state index >= 15 is 4.39 Å². The lowest BCUT2D eigenvalue weighted by molar-refractivity contribution is -0.125. The Morgan fingerprint density at radius 2 is 1.85 bits per heavy atom. The number of hydrogen-bond acceptors (Lipinski definition) is 8. The number of likely N-dealkylation sites (N-methyl/N-ethyl adjacent to an activating group) is 1. The van der Waals surface area contributed by atoms with E-state index in [1.807, 2.05) is 0 Å². The van der Waals surface area contributed by atoms with E-state index < -0.39 is 34.9 Å². The molecule has 0 spiro atoms. The van der Waals surface area contributed by atoms with Gasteiger partial charge in [-0.3, -0.25) is 9.59 Å². The first-order chi connectivity index (χ1) is 19.2. The number of amides is 3. The fourth-order valence-corrected chi connectivity index (χ4v) is 5.27. The van der Waals surface area contributed by atoms with Crippen molar-refractivity contribution in [2.75, 3.05) is 17.7 Å². The number of nitrogens with zero attached hydrogens (tertiary/aromatic N) is 3. The lowest BCUT2D eigenvalue weighted by Crippen LogP contribution is -2.50. The fourth-order valence-electron chi connectivity index (χ4n) is 4.07. The molecule has 41 heavy (non-hydrogen) atoms. The second-order valence-electron chi connectivity index (χ2n) is 11.0. The van der Waals surface area contributed by atoms with E-state index in [9.17, 15) is 14.4 Å². The number of ether oxygens (including phenoxy) is 1. The lowest BCUT2D eigenvalue weighted by Gasteiger charge is -2.27. The number of nitrogens with one attached hydrogen (secondary N) is 2. The van der Waals surface area contributed by atoms with Crippen molar-refractivity contribution < 1.29 is 27.9 Å². The number of carbonyl (C=O) groups excluding carboxylic acids is 3. The molecule has 3 aromatic rings. The number of hydrogen-bond donors (Lipinski definition) is 2. The summed E-state index contributed by atoms with van der Waals surface area (Å²) in [4.78, 5) is 40.7. The van der Waals surface area contributed by atoms with Crippen molar-refractivity contribution in [2.45, 2.75) is 63.1 Å². The van der Waals surface area contributed by atoms with E-state index in [0.717, 1.165) is 5.56 Å². The topological polar surface area (TPSA) is 127 Å². The summed E-state index contributed by atoms with van der Waals surface area (Å²) in [5.41, 5.74) is -0.803. The monoisotopic (exact) mass is 603 g/mol. The van der Waals surface area contributed by atoms with E-state index in [-0.39, 0.29) is 35.5 Å². The zero-order valence-corrected chi connectivity index (χ0v) is 25.1. The van der Waals surface area contributed by atoms with Gasteiger partial charge in [-0.15, -0.1) is 22.0 Å². The molecule has 0 fully saturated rings. The average Bonchev–Trinajstić information content (AvgIpc) is 3.36. The molecule has 0 unspecified atom stereocenters. The highest BCUT2D eigenvalue weighted by Gasteiger charge is 2.37. The van der Waals surface area contributed by atoms with Crippen LogP contribution in [0.25, 0.3) is 11.5 Å². The van der Waals surface area contributed by atoms with E-state index in [1.165, 1.54) is 35.8 Å². The van der Waals surface area contributed by atoms with Gasteiger partial charge in [-0.05, 0) is 64.4 Å². The van der Waals surface area contributed by atoms with E-state index in [2.05, 4.69) is 20.8 Å². The van der Waals surface area contributed by atoms with Crippen LogP contribution in [0, 0.1) is 5.82 Å². The Morgan fingerprint density at radius 3 is 2.49 bits per heavy atom. The molecular weight excluding hydrogens is 573 g/mol. The third kappa shape index (κ3) is 6.82. The summed E-state index contributed by atoms with van der Waals surface area (Å²) in [5.74, 6) is -1.41. The molecule has 2 heterocycles. The molecule has 1 atom stereocenters. The molecule has 4 rings (SSSR count). The van der Waals surface area contributed by atoms with Gasteiger partial charge in [-0.1, -0.05) is 23.7 Å². The molecule has 0 saturated heterocycles. The molecule has 0 saturated carbocycles. The Kier molecular flexibility index (Phi) is 8.65. The maximum atomic E-state index is 15.5. The minimum atomic E-state index is -1.16. The van der Waals surface area contributed by atoms with Crippen molar-refractivity contribution in [2.24, 2.45) is 0 Å². The van der Waals surface area contributed by atoms with Crippen LogP contribution in [0.2, 0.25) is 5.02 Å². The van der Waals surface area contributed by atoms with Crippen LogP contribution in [-0.2, 0) is 26.3 Å². The molecule has 0 aliphatic carbocycles. The van der Waals surface area contributed by atoms with Crippen molar-refractivity contribution in [3.63, 3.8) is 0 Å². The van der Waals surface area contributed by atoms with Crippen LogP contribution in [0.4, 0.5) is 14.9 Å². The first-order valence-electron chi connectivity index (χ1n) is 12.8. The molecule has 0 bridgehead atoms. The zero-order valence-electron chi connectivity index (χ0n) is 23.5. The van der Waals surface area contributed by atoms with E-state index in [4.69, 9.17) is 20.8 Å². The second kappa shape index (κ2) is 11.7. The van der Waals surface area contributed by atoms with Gasteiger partial charge in [-0.25, -0.2) is 9.18 Å². The number of rotatable bonds is 6. The number of carbonyl (C=O) groups is 3. The highest BCUT2D eigenvalue weighted by atomic mass is 35.5. The third-order valence-electron chi connectivity index (χ3n) is 6.24. The second-order valence-corrected chi connectivity index (χ2v) is 12.5. The van der Waals surface area contributed by atoms with Gasteiger partial charge in [0.2, 0.25) is 11.8 Å². The standard InChI is InChI=1S/C28H31ClFN5O5S/c1-27(2,3)40-26(38)32-19-14-41-21-12-18(30)17(22-33-34-25(39-22)28(4,5)24(37)31-6)11-20(21)35(23(19)36)13-15-7-9-16(29)10-8-15/h7-12,19H,13-14H2,1-6H3,(H,31,37)(H,32,38)/t19-/m0/s1. The Labute approximate surface area is 246 Å². The van der Waals surface area contributed by atoms with E-state index in [1.54, 1.807) is 58.9 Å². The maximum Gasteiger partial charge on any atom is 0.408 e. The molecule has 1 aliphatic heterocycles. The minimum absolute atomic E-state index is 0.00582. The van der Waals surface area contributed by atoms with Crippen molar-refractivity contribution >= 4 is 47.0 Å². The van der Waals surface area contributed by atoms with Gasteiger partial charge in [0.25, 0.3) is 11.8 Å². The first kappa shape index (κ1) is 30.3. The van der Waals surface area contributed by atoms with Gasteiger partial charge in [0.05, 0.1) is 17.8 Å². The SMILES string of the molecule is CNC(=O)C(C)(C)c1nnc(-c2cc3c(cc2F)SC[C@H](NC(=O)OC(C)(C)C)C(=O)N3Cc2ccc(Cl)cc2)o1.